The predicted molar refractivity (Wildman–Crippen MR) is 66.8 cm³/mol. The van der Waals surface area contributed by atoms with Gasteiger partial charge in [0, 0.05) is 16.5 Å². The van der Waals surface area contributed by atoms with Crippen LogP contribution in [0.1, 0.15) is 11.3 Å². The highest BCUT2D eigenvalue weighted by Crippen LogP contribution is 2.40. The first kappa shape index (κ1) is 8.90. The van der Waals surface area contributed by atoms with Crippen LogP contribution < -0.4 is 0 Å². The molecule has 5 heteroatoms. The molecule has 1 aliphatic carbocycles. The van der Waals surface area contributed by atoms with Crippen LogP contribution in [0.2, 0.25) is 0 Å². The quantitative estimate of drug-likeness (QED) is 0.498. The molecule has 2 heterocycles. The Labute approximate surface area is 104 Å². The standard InChI is InChI=1S/C11H6BrN3S/c12-8-3-1-2-6-7(8)4-9-10(6)14-11-15(9)13-5-16-11/h1-3,5H,4H2. The summed E-state index contributed by atoms with van der Waals surface area (Å²) in [5.74, 6) is 0. The van der Waals surface area contributed by atoms with Crippen molar-refractivity contribution in [1.29, 1.82) is 0 Å². The van der Waals surface area contributed by atoms with E-state index in [9.17, 15) is 0 Å². The number of fused-ring (bicyclic) bond motifs is 5. The zero-order chi connectivity index (χ0) is 10.7. The second-order valence-corrected chi connectivity index (χ2v) is 5.45. The van der Waals surface area contributed by atoms with E-state index in [1.165, 1.54) is 16.8 Å². The Morgan fingerprint density at radius 2 is 2.31 bits per heavy atom. The molecule has 0 N–H and O–H groups in total. The van der Waals surface area contributed by atoms with Crippen molar-refractivity contribution in [2.75, 3.05) is 0 Å². The first-order chi connectivity index (χ1) is 7.84. The highest BCUT2D eigenvalue weighted by Gasteiger charge is 2.26. The Kier molecular flexibility index (Phi) is 1.63. The monoisotopic (exact) mass is 291 g/mol. The van der Waals surface area contributed by atoms with Crippen LogP contribution in [0.25, 0.3) is 16.2 Å². The second-order valence-electron chi connectivity index (χ2n) is 3.78. The van der Waals surface area contributed by atoms with Crippen LogP contribution in [0.4, 0.5) is 0 Å². The van der Waals surface area contributed by atoms with Gasteiger partial charge in [-0.25, -0.2) is 9.50 Å². The van der Waals surface area contributed by atoms with Crippen LogP contribution in [0.5, 0.6) is 0 Å². The first-order valence-corrected chi connectivity index (χ1v) is 6.61. The average molecular weight is 292 g/mol. The molecule has 2 aromatic heterocycles. The van der Waals surface area contributed by atoms with Crippen LogP contribution in [0.3, 0.4) is 0 Å². The number of aromatic nitrogens is 3. The van der Waals surface area contributed by atoms with Gasteiger partial charge in [0.1, 0.15) is 5.51 Å². The number of imidazole rings is 1. The summed E-state index contributed by atoms with van der Waals surface area (Å²) in [6, 6.07) is 6.26. The molecule has 0 saturated heterocycles. The van der Waals surface area contributed by atoms with E-state index in [0.29, 0.717) is 0 Å². The Balaban J connectivity index is 2.11. The number of hydrogen-bond acceptors (Lipinski definition) is 3. The van der Waals surface area contributed by atoms with E-state index in [1.54, 1.807) is 11.3 Å². The van der Waals surface area contributed by atoms with Crippen LogP contribution >= 0.6 is 27.3 Å². The average Bonchev–Trinajstić information content (AvgIpc) is 2.89. The van der Waals surface area contributed by atoms with Crippen molar-refractivity contribution in [2.24, 2.45) is 0 Å². The van der Waals surface area contributed by atoms with Crippen molar-refractivity contribution in [3.05, 3.63) is 39.4 Å². The van der Waals surface area contributed by atoms with Crippen molar-refractivity contribution in [3.8, 4) is 11.3 Å². The van der Waals surface area contributed by atoms with E-state index in [0.717, 1.165) is 21.5 Å². The smallest absolute Gasteiger partial charge is 0.212 e. The lowest BCUT2D eigenvalue weighted by Gasteiger charge is -2.00. The van der Waals surface area contributed by atoms with E-state index in [1.807, 2.05) is 10.0 Å². The van der Waals surface area contributed by atoms with Gasteiger partial charge in [0.05, 0.1) is 11.4 Å². The summed E-state index contributed by atoms with van der Waals surface area (Å²) < 4.78 is 3.11. The van der Waals surface area contributed by atoms with Gasteiger partial charge in [-0.15, -0.1) is 0 Å². The molecule has 0 atom stereocenters. The summed E-state index contributed by atoms with van der Waals surface area (Å²) in [5.41, 5.74) is 6.69. The molecule has 0 aliphatic heterocycles. The molecule has 16 heavy (non-hydrogen) atoms. The lowest BCUT2D eigenvalue weighted by molar-refractivity contribution is 0.906. The normalized spacial score (nSPS) is 13.1. The Morgan fingerprint density at radius 3 is 3.25 bits per heavy atom. The number of hydrogen-bond donors (Lipinski definition) is 0. The Bertz CT molecular complexity index is 713. The van der Waals surface area contributed by atoms with Gasteiger partial charge in [0.2, 0.25) is 4.96 Å². The summed E-state index contributed by atoms with van der Waals surface area (Å²) in [4.78, 5) is 5.62. The van der Waals surface area contributed by atoms with Gasteiger partial charge in [-0.3, -0.25) is 0 Å². The molecule has 3 nitrogen and oxygen atoms in total. The van der Waals surface area contributed by atoms with Gasteiger partial charge in [0.15, 0.2) is 0 Å². The third kappa shape index (κ3) is 0.973. The van der Waals surface area contributed by atoms with Gasteiger partial charge in [-0.2, -0.15) is 5.10 Å². The molecule has 3 aromatic rings. The molecule has 1 aromatic carbocycles. The van der Waals surface area contributed by atoms with E-state index >= 15 is 0 Å². The van der Waals surface area contributed by atoms with Gasteiger partial charge in [0.25, 0.3) is 0 Å². The summed E-state index contributed by atoms with van der Waals surface area (Å²) >= 11 is 5.17. The molecule has 1 aliphatic rings. The van der Waals surface area contributed by atoms with Gasteiger partial charge in [-0.05, 0) is 11.6 Å². The van der Waals surface area contributed by atoms with Crippen LogP contribution in [0.15, 0.2) is 28.2 Å². The van der Waals surface area contributed by atoms with Gasteiger partial charge >= 0.3 is 0 Å². The third-order valence-corrected chi connectivity index (χ3v) is 4.37. The molecule has 0 saturated carbocycles. The predicted octanol–water partition coefficient (Wildman–Crippen LogP) is 3.12. The van der Waals surface area contributed by atoms with Crippen LogP contribution in [-0.4, -0.2) is 14.6 Å². The molecule has 0 bridgehead atoms. The van der Waals surface area contributed by atoms with E-state index in [-0.39, 0.29) is 0 Å². The maximum atomic E-state index is 4.63. The van der Waals surface area contributed by atoms with E-state index in [4.69, 9.17) is 0 Å². The zero-order valence-corrected chi connectivity index (χ0v) is 10.5. The van der Waals surface area contributed by atoms with Crippen molar-refractivity contribution < 1.29 is 0 Å². The van der Waals surface area contributed by atoms with Crippen LogP contribution in [0, 0.1) is 0 Å². The molecule has 0 unspecified atom stereocenters. The summed E-state index contributed by atoms with van der Waals surface area (Å²) in [6.45, 7) is 0. The fourth-order valence-corrected chi connectivity index (χ4v) is 3.38. The molecule has 78 valence electrons. The number of halogens is 1. The minimum atomic E-state index is 0.914. The van der Waals surface area contributed by atoms with Gasteiger partial charge < -0.3 is 0 Å². The largest absolute Gasteiger partial charge is 0.217 e. The summed E-state index contributed by atoms with van der Waals surface area (Å²) in [6.07, 6.45) is 0.914. The minimum absolute atomic E-state index is 0.914. The first-order valence-electron chi connectivity index (χ1n) is 4.93. The minimum Gasteiger partial charge on any atom is -0.217 e. The van der Waals surface area contributed by atoms with Crippen LogP contribution in [-0.2, 0) is 6.42 Å². The zero-order valence-electron chi connectivity index (χ0n) is 8.14. The van der Waals surface area contributed by atoms with E-state index in [2.05, 4.69) is 44.2 Å². The van der Waals surface area contributed by atoms with Crippen molar-refractivity contribution in [1.82, 2.24) is 14.6 Å². The topological polar surface area (TPSA) is 30.2 Å². The number of benzene rings is 1. The lowest BCUT2D eigenvalue weighted by atomic mass is 10.1. The highest BCUT2D eigenvalue weighted by atomic mass is 79.9. The van der Waals surface area contributed by atoms with Crippen molar-refractivity contribution in [2.45, 2.75) is 6.42 Å². The second kappa shape index (κ2) is 2.93. The Hall–Kier alpha value is -1.20. The fraction of sp³-hybridized carbons (Fsp3) is 0.0909. The SMILES string of the molecule is Brc1cccc2c1Cc1c-2nc2scnn12. The maximum absolute atomic E-state index is 4.63. The van der Waals surface area contributed by atoms with Crippen molar-refractivity contribution >= 4 is 32.2 Å². The molecule has 4 rings (SSSR count). The van der Waals surface area contributed by atoms with Crippen molar-refractivity contribution in [3.63, 3.8) is 0 Å². The third-order valence-electron chi connectivity index (χ3n) is 2.96. The molecule has 0 radical (unpaired) electrons. The number of rotatable bonds is 0. The summed E-state index contributed by atoms with van der Waals surface area (Å²) in [7, 11) is 0. The molecule has 0 fully saturated rings. The molecule has 0 amide bonds. The number of nitrogens with zero attached hydrogens (tertiary/aromatic N) is 3. The molecular weight excluding hydrogens is 286 g/mol. The molecule has 0 spiro atoms. The Morgan fingerprint density at radius 1 is 1.38 bits per heavy atom. The molecular formula is C11H6BrN3S. The fourth-order valence-electron chi connectivity index (χ4n) is 2.24. The highest BCUT2D eigenvalue weighted by molar-refractivity contribution is 9.10. The summed E-state index contributed by atoms with van der Waals surface area (Å²) in [5, 5.41) is 4.32. The van der Waals surface area contributed by atoms with Gasteiger partial charge in [-0.1, -0.05) is 39.4 Å². The van der Waals surface area contributed by atoms with E-state index < -0.39 is 0 Å². The lowest BCUT2D eigenvalue weighted by Crippen LogP contribution is -1.91. The maximum Gasteiger partial charge on any atom is 0.212 e.